The van der Waals surface area contributed by atoms with Crippen molar-refractivity contribution in [3.05, 3.63) is 57.6 Å². The van der Waals surface area contributed by atoms with Gasteiger partial charge in [-0.1, -0.05) is 23.2 Å². The van der Waals surface area contributed by atoms with Crippen molar-refractivity contribution >= 4 is 41.2 Å². The number of nitrogens with zero attached hydrogens (tertiary/aromatic N) is 1. The number of hydrogen-bond donors (Lipinski definition) is 3. The van der Waals surface area contributed by atoms with Crippen LogP contribution in [0.25, 0.3) is 0 Å². The molecule has 7 nitrogen and oxygen atoms in total. The molecule has 0 aliphatic heterocycles. The van der Waals surface area contributed by atoms with E-state index in [9.17, 15) is 14.7 Å². The van der Waals surface area contributed by atoms with Gasteiger partial charge in [-0.05, 0) is 36.4 Å². The summed E-state index contributed by atoms with van der Waals surface area (Å²) in [6.07, 6.45) is 1.26. The van der Waals surface area contributed by atoms with Crippen molar-refractivity contribution in [3.63, 3.8) is 0 Å². The van der Waals surface area contributed by atoms with Crippen LogP contribution in [0.3, 0.4) is 0 Å². The Kier molecular flexibility index (Phi) is 6.82. The molecule has 9 heteroatoms. The number of amides is 2. The molecule has 0 saturated carbocycles. The zero-order valence-electron chi connectivity index (χ0n) is 13.6. The lowest BCUT2D eigenvalue weighted by molar-refractivity contribution is -0.120. The van der Waals surface area contributed by atoms with Gasteiger partial charge in [0.1, 0.15) is 11.5 Å². The van der Waals surface area contributed by atoms with Gasteiger partial charge in [0.2, 0.25) is 0 Å². The van der Waals surface area contributed by atoms with Gasteiger partial charge in [0.05, 0.1) is 29.9 Å². The molecule has 0 aliphatic rings. The van der Waals surface area contributed by atoms with Gasteiger partial charge in [0.25, 0.3) is 11.8 Å². The number of rotatable bonds is 6. The summed E-state index contributed by atoms with van der Waals surface area (Å²) >= 11 is 11.6. The zero-order chi connectivity index (χ0) is 19.1. The van der Waals surface area contributed by atoms with E-state index >= 15 is 0 Å². The first-order valence-electron chi connectivity index (χ1n) is 7.33. The Morgan fingerprint density at radius 2 is 1.96 bits per heavy atom. The molecule has 136 valence electrons. The monoisotopic (exact) mass is 395 g/mol. The summed E-state index contributed by atoms with van der Waals surface area (Å²) in [5.41, 5.74) is 2.88. The molecule has 2 aromatic carbocycles. The third-order valence-electron chi connectivity index (χ3n) is 3.22. The van der Waals surface area contributed by atoms with E-state index in [0.717, 1.165) is 0 Å². The number of phenolic OH excluding ortho intramolecular Hbond substituents is 1. The minimum Gasteiger partial charge on any atom is -0.507 e. The van der Waals surface area contributed by atoms with E-state index in [1.54, 1.807) is 12.1 Å². The number of carbonyl (C=O) groups is 2. The molecule has 3 N–H and O–H groups in total. The smallest absolute Gasteiger partial charge is 0.259 e. The predicted octanol–water partition coefficient (Wildman–Crippen LogP) is 2.59. The Bertz CT molecular complexity index is 856. The molecule has 0 heterocycles. The van der Waals surface area contributed by atoms with Crippen molar-refractivity contribution in [2.75, 3.05) is 13.7 Å². The van der Waals surface area contributed by atoms with Crippen LogP contribution in [0.15, 0.2) is 41.5 Å². The Labute approximate surface area is 159 Å². The Balaban J connectivity index is 1.87. The van der Waals surface area contributed by atoms with Gasteiger partial charge in [-0.3, -0.25) is 9.59 Å². The highest BCUT2D eigenvalue weighted by atomic mass is 35.5. The summed E-state index contributed by atoms with van der Waals surface area (Å²) in [7, 11) is 1.49. The second-order valence-corrected chi connectivity index (χ2v) is 5.84. The molecule has 0 fully saturated rings. The third-order valence-corrected chi connectivity index (χ3v) is 3.96. The summed E-state index contributed by atoms with van der Waals surface area (Å²) < 4.78 is 5.03. The largest absolute Gasteiger partial charge is 0.507 e. The van der Waals surface area contributed by atoms with E-state index in [1.807, 2.05) is 0 Å². The summed E-state index contributed by atoms with van der Waals surface area (Å²) in [5.74, 6) is -0.508. The molecule has 0 unspecified atom stereocenters. The zero-order valence-corrected chi connectivity index (χ0v) is 15.1. The molecule has 0 atom stereocenters. The second kappa shape index (κ2) is 9.07. The van der Waals surface area contributed by atoms with Crippen LogP contribution in [0.1, 0.15) is 15.9 Å². The summed E-state index contributed by atoms with van der Waals surface area (Å²) in [6.45, 7) is -0.291. The molecule has 2 rings (SSSR count). The number of carbonyl (C=O) groups excluding carboxylic acids is 2. The molecule has 2 amide bonds. The van der Waals surface area contributed by atoms with Crippen molar-refractivity contribution in [1.82, 2.24) is 10.7 Å². The molecular weight excluding hydrogens is 381 g/mol. The average Bonchev–Trinajstić information content (AvgIpc) is 2.63. The minimum absolute atomic E-state index is 0.0169. The standard InChI is InChI=1S/C17H15Cl2N3O4/c1-26-12-3-5-15(23)11(6-12)8-21-22-16(24)9-20-17(25)10-2-4-13(18)14(19)7-10/h2-8,23H,9H2,1H3,(H,20,25)(H,22,24)/b21-8+. The van der Waals surface area contributed by atoms with Crippen LogP contribution >= 0.6 is 23.2 Å². The van der Waals surface area contributed by atoms with Gasteiger partial charge >= 0.3 is 0 Å². The highest BCUT2D eigenvalue weighted by Crippen LogP contribution is 2.22. The number of halogens is 2. The van der Waals surface area contributed by atoms with Gasteiger partial charge in [-0.2, -0.15) is 5.10 Å². The van der Waals surface area contributed by atoms with Crippen molar-refractivity contribution in [2.24, 2.45) is 5.10 Å². The van der Waals surface area contributed by atoms with Crippen LogP contribution in [-0.4, -0.2) is 36.8 Å². The number of nitrogens with one attached hydrogen (secondary N) is 2. The maximum Gasteiger partial charge on any atom is 0.259 e. The van der Waals surface area contributed by atoms with Crippen LogP contribution in [0, 0.1) is 0 Å². The van der Waals surface area contributed by atoms with E-state index in [0.29, 0.717) is 16.3 Å². The normalized spacial score (nSPS) is 10.6. The molecule has 2 aromatic rings. The van der Waals surface area contributed by atoms with Crippen LogP contribution in [0.4, 0.5) is 0 Å². The number of ether oxygens (including phenoxy) is 1. The first kappa shape index (κ1) is 19.6. The van der Waals surface area contributed by atoms with Crippen LogP contribution < -0.4 is 15.5 Å². The van der Waals surface area contributed by atoms with Crippen LogP contribution in [0.5, 0.6) is 11.5 Å². The summed E-state index contributed by atoms with van der Waals surface area (Å²) in [5, 5.41) is 16.4. The van der Waals surface area contributed by atoms with Gasteiger partial charge in [-0.25, -0.2) is 5.43 Å². The molecule has 26 heavy (non-hydrogen) atoms. The maximum atomic E-state index is 11.9. The van der Waals surface area contributed by atoms with E-state index in [1.165, 1.54) is 37.6 Å². The average molecular weight is 396 g/mol. The maximum absolute atomic E-state index is 11.9. The summed E-state index contributed by atoms with van der Waals surface area (Å²) in [6, 6.07) is 8.97. The van der Waals surface area contributed by atoms with E-state index in [-0.39, 0.29) is 22.9 Å². The van der Waals surface area contributed by atoms with Crippen molar-refractivity contribution in [3.8, 4) is 11.5 Å². The fourth-order valence-electron chi connectivity index (χ4n) is 1.88. The van der Waals surface area contributed by atoms with Gasteiger partial charge in [-0.15, -0.1) is 0 Å². The van der Waals surface area contributed by atoms with Gasteiger partial charge < -0.3 is 15.2 Å². The highest BCUT2D eigenvalue weighted by molar-refractivity contribution is 6.42. The predicted molar refractivity (Wildman–Crippen MR) is 99.2 cm³/mol. The van der Waals surface area contributed by atoms with Crippen molar-refractivity contribution in [1.29, 1.82) is 0 Å². The molecule has 0 saturated heterocycles. The quantitative estimate of drug-likeness (QED) is 0.516. The highest BCUT2D eigenvalue weighted by Gasteiger charge is 2.09. The third kappa shape index (κ3) is 5.37. The first-order valence-corrected chi connectivity index (χ1v) is 8.08. The van der Waals surface area contributed by atoms with E-state index in [2.05, 4.69) is 15.8 Å². The molecule has 0 radical (unpaired) electrons. The van der Waals surface area contributed by atoms with Gasteiger partial charge in [0, 0.05) is 11.1 Å². The number of aromatic hydroxyl groups is 1. The van der Waals surface area contributed by atoms with Crippen LogP contribution in [-0.2, 0) is 4.79 Å². The number of benzene rings is 2. The molecule has 0 aromatic heterocycles. The lowest BCUT2D eigenvalue weighted by Crippen LogP contribution is -2.34. The van der Waals surface area contributed by atoms with Gasteiger partial charge in [0.15, 0.2) is 0 Å². The SMILES string of the molecule is COc1ccc(O)c(/C=N/NC(=O)CNC(=O)c2ccc(Cl)c(Cl)c2)c1. The lowest BCUT2D eigenvalue weighted by Gasteiger charge is -2.05. The number of hydrogen-bond acceptors (Lipinski definition) is 5. The molecular formula is C17H15Cl2N3O4. The summed E-state index contributed by atoms with van der Waals surface area (Å²) in [4.78, 5) is 23.7. The number of phenols is 1. The Morgan fingerprint density at radius 1 is 1.19 bits per heavy atom. The van der Waals surface area contributed by atoms with Crippen LogP contribution in [0.2, 0.25) is 10.0 Å². The Morgan fingerprint density at radius 3 is 2.65 bits per heavy atom. The molecule has 0 spiro atoms. The molecule has 0 bridgehead atoms. The van der Waals surface area contributed by atoms with Crippen molar-refractivity contribution < 1.29 is 19.4 Å². The topological polar surface area (TPSA) is 100 Å². The minimum atomic E-state index is -0.544. The fourth-order valence-corrected chi connectivity index (χ4v) is 2.17. The first-order chi connectivity index (χ1) is 12.4. The lowest BCUT2D eigenvalue weighted by atomic mass is 10.2. The Hall–Kier alpha value is -2.77. The fraction of sp³-hybridized carbons (Fsp3) is 0.118. The molecule has 0 aliphatic carbocycles. The number of hydrazone groups is 1. The van der Waals surface area contributed by atoms with E-state index < -0.39 is 11.8 Å². The number of methoxy groups -OCH3 is 1. The second-order valence-electron chi connectivity index (χ2n) is 5.03. The van der Waals surface area contributed by atoms with E-state index in [4.69, 9.17) is 27.9 Å². The van der Waals surface area contributed by atoms with Crippen molar-refractivity contribution in [2.45, 2.75) is 0 Å².